The number of nitrogens with one attached hydrogen (secondary N) is 2. The molecule has 0 radical (unpaired) electrons. The Morgan fingerprint density at radius 1 is 1.05 bits per heavy atom. The highest BCUT2D eigenvalue weighted by Crippen LogP contribution is 2.62. The van der Waals surface area contributed by atoms with Crippen molar-refractivity contribution >= 4 is 28.5 Å². The second-order valence-electron chi connectivity index (χ2n) is 19.2. The number of carbonyl (C=O) groups excluding carboxylic acids is 2. The van der Waals surface area contributed by atoms with Crippen LogP contribution >= 0.6 is 0 Å². The summed E-state index contributed by atoms with van der Waals surface area (Å²) in [4.78, 5) is 39.9. The molecule has 6 heterocycles. The molecule has 2 saturated heterocycles. The number of aliphatic hydroxyl groups is 4. The Labute approximate surface area is 359 Å². The fourth-order valence-corrected chi connectivity index (χ4v) is 13.6. The molecule has 11 atom stereocenters. The molecule has 2 bridgehead atoms. The molecule has 1 saturated carbocycles. The van der Waals surface area contributed by atoms with Crippen molar-refractivity contribution < 1.29 is 39.5 Å². The van der Waals surface area contributed by atoms with E-state index in [1.54, 1.807) is 7.11 Å². The third kappa shape index (κ3) is 6.31. The SMILES string of the molecule is CCC1(O)CC2CN(CCc3c([nH]c4ccccc34)C(Cc3cc4c(cc3OC)N(C)C3C5C4CCN4CC=CC(CC)(C54)C(O)C3(O)C(=O)NCCCO)(C(=O)OC)C2)C1. The number of hydrogen-bond acceptors (Lipinski definition) is 11. The monoisotopic (exact) mass is 839 g/mol. The van der Waals surface area contributed by atoms with Crippen LogP contribution < -0.4 is 15.0 Å². The molecule has 1 amide bonds. The predicted molar refractivity (Wildman–Crippen MR) is 233 cm³/mol. The molecule has 9 rings (SSSR count). The first-order chi connectivity index (χ1) is 29.3. The van der Waals surface area contributed by atoms with Gasteiger partial charge in [0.1, 0.15) is 17.3 Å². The lowest BCUT2D eigenvalue weighted by atomic mass is 9.48. The first kappa shape index (κ1) is 42.3. The number of rotatable bonds is 10. The Morgan fingerprint density at radius 3 is 2.59 bits per heavy atom. The van der Waals surface area contributed by atoms with E-state index in [0.29, 0.717) is 50.8 Å². The number of benzene rings is 2. The number of aliphatic hydroxyl groups excluding tert-OH is 2. The number of para-hydroxylation sites is 1. The number of likely N-dealkylation sites (N-methyl/N-ethyl adjacent to an activating group) is 1. The van der Waals surface area contributed by atoms with Crippen molar-refractivity contribution in [1.29, 1.82) is 0 Å². The van der Waals surface area contributed by atoms with Crippen LogP contribution in [0.4, 0.5) is 5.69 Å². The van der Waals surface area contributed by atoms with Gasteiger partial charge in [0, 0.05) is 92.1 Å². The van der Waals surface area contributed by atoms with Gasteiger partial charge in [-0.2, -0.15) is 0 Å². The molecule has 13 heteroatoms. The van der Waals surface area contributed by atoms with Crippen LogP contribution in [0.15, 0.2) is 48.6 Å². The summed E-state index contributed by atoms with van der Waals surface area (Å²) < 4.78 is 12.1. The number of piperidine rings is 2. The highest BCUT2D eigenvalue weighted by molar-refractivity contribution is 5.91. The van der Waals surface area contributed by atoms with Crippen molar-refractivity contribution in [3.8, 4) is 5.75 Å². The molecule has 0 spiro atoms. The third-order valence-corrected chi connectivity index (χ3v) is 16.3. The van der Waals surface area contributed by atoms with E-state index in [1.165, 1.54) is 7.11 Å². The Hall–Kier alpha value is -3.98. The lowest BCUT2D eigenvalue weighted by Crippen LogP contribution is -2.82. The van der Waals surface area contributed by atoms with Crippen molar-refractivity contribution in [2.75, 3.05) is 72.0 Å². The minimum absolute atomic E-state index is 0.00592. The van der Waals surface area contributed by atoms with Crippen LogP contribution in [0.1, 0.15) is 80.7 Å². The van der Waals surface area contributed by atoms with E-state index in [-0.39, 0.29) is 49.3 Å². The Balaban J connectivity index is 1.22. The quantitative estimate of drug-likeness (QED) is 0.101. The van der Waals surface area contributed by atoms with Crippen molar-refractivity contribution in [3.05, 3.63) is 70.9 Å². The van der Waals surface area contributed by atoms with Crippen LogP contribution in [0.3, 0.4) is 0 Å². The smallest absolute Gasteiger partial charge is 0.318 e. The molecule has 5 aliphatic heterocycles. The zero-order chi connectivity index (χ0) is 43.1. The van der Waals surface area contributed by atoms with E-state index in [9.17, 15) is 30.0 Å². The minimum Gasteiger partial charge on any atom is -0.496 e. The summed E-state index contributed by atoms with van der Waals surface area (Å²) in [6.07, 6.45) is 7.02. The van der Waals surface area contributed by atoms with Gasteiger partial charge in [0.15, 0.2) is 5.60 Å². The highest BCUT2D eigenvalue weighted by atomic mass is 16.5. The van der Waals surface area contributed by atoms with Gasteiger partial charge in [0.05, 0.1) is 25.9 Å². The molecule has 61 heavy (non-hydrogen) atoms. The van der Waals surface area contributed by atoms with Crippen molar-refractivity contribution in [2.45, 2.75) is 106 Å². The summed E-state index contributed by atoms with van der Waals surface area (Å²) in [5.41, 5.74) is 0.587. The van der Waals surface area contributed by atoms with Crippen LogP contribution in [-0.4, -0.2) is 144 Å². The molecule has 1 aliphatic carbocycles. The number of methoxy groups -OCH3 is 2. The first-order valence-corrected chi connectivity index (χ1v) is 22.6. The second kappa shape index (κ2) is 15.7. The topological polar surface area (TPSA) is 171 Å². The van der Waals surface area contributed by atoms with E-state index < -0.39 is 40.1 Å². The number of amides is 1. The van der Waals surface area contributed by atoms with E-state index in [4.69, 9.17) is 9.47 Å². The molecule has 11 unspecified atom stereocenters. The number of aromatic amines is 1. The maximum absolute atomic E-state index is 15.0. The average Bonchev–Trinajstić information content (AvgIpc) is 3.66. The van der Waals surface area contributed by atoms with Crippen molar-refractivity contribution in [2.24, 2.45) is 17.3 Å². The summed E-state index contributed by atoms with van der Waals surface area (Å²) in [6, 6.07) is 11.5. The van der Waals surface area contributed by atoms with Crippen LogP contribution in [0.5, 0.6) is 5.75 Å². The number of hydrogen-bond donors (Lipinski definition) is 6. The minimum atomic E-state index is -2.18. The molecular weight excluding hydrogens is 775 g/mol. The molecule has 330 valence electrons. The zero-order valence-electron chi connectivity index (χ0n) is 36.5. The molecule has 1 aromatic heterocycles. The van der Waals surface area contributed by atoms with E-state index in [0.717, 1.165) is 71.6 Å². The van der Waals surface area contributed by atoms with E-state index in [2.05, 4.69) is 50.5 Å². The molecule has 2 aromatic carbocycles. The third-order valence-electron chi connectivity index (χ3n) is 16.3. The number of anilines is 1. The summed E-state index contributed by atoms with van der Waals surface area (Å²) in [5.74, 6) is -0.712. The van der Waals surface area contributed by atoms with Gasteiger partial charge in [-0.3, -0.25) is 19.4 Å². The maximum Gasteiger partial charge on any atom is 0.318 e. The van der Waals surface area contributed by atoms with Crippen LogP contribution in [0.25, 0.3) is 10.9 Å². The van der Waals surface area contributed by atoms with Crippen molar-refractivity contribution in [1.82, 2.24) is 20.1 Å². The van der Waals surface area contributed by atoms with Gasteiger partial charge in [-0.25, -0.2) is 0 Å². The van der Waals surface area contributed by atoms with Crippen LogP contribution in [0.2, 0.25) is 0 Å². The standard InChI is InChI=1S/C48H65N5O8/c1-6-45(58)24-29-25-47(44(57)61-5,39-33(14-19-52(27-29)28-45)31-12-8-9-13-35(31)50-39)26-30-22-34-32-15-20-53-18-10-16-46(7-2)40(53)38(32)41(51(3)36(34)23-37(30)60-4)48(59,42(46)55)43(56)49-17-11-21-54/h8-10,12-13,16,22-23,29,32,38,40-42,50,54-55,58-59H,6-7,11,14-15,17-21,24-28H2,1-5H3,(H,49,56). The van der Waals surface area contributed by atoms with E-state index >= 15 is 0 Å². The molecule has 13 nitrogen and oxygen atoms in total. The van der Waals surface area contributed by atoms with Crippen molar-refractivity contribution in [3.63, 3.8) is 0 Å². The Kier molecular flexibility index (Phi) is 10.9. The summed E-state index contributed by atoms with van der Waals surface area (Å²) in [7, 11) is 5.01. The first-order valence-electron chi connectivity index (χ1n) is 22.6. The molecule has 6 N–H and O–H groups in total. The van der Waals surface area contributed by atoms with Gasteiger partial charge in [-0.15, -0.1) is 0 Å². The summed E-state index contributed by atoms with van der Waals surface area (Å²) in [6.45, 7) is 7.77. The molecule has 3 fully saturated rings. The summed E-state index contributed by atoms with van der Waals surface area (Å²) >= 11 is 0. The number of fused-ring (bicyclic) bond motifs is 7. The van der Waals surface area contributed by atoms with Gasteiger partial charge in [0.2, 0.25) is 0 Å². The Morgan fingerprint density at radius 2 is 1.85 bits per heavy atom. The Bertz CT molecular complexity index is 2210. The average molecular weight is 840 g/mol. The number of H-pyrrole nitrogens is 1. The van der Waals surface area contributed by atoms with E-state index in [1.807, 2.05) is 44.0 Å². The lowest BCUT2D eigenvalue weighted by Gasteiger charge is -2.68. The maximum atomic E-state index is 15.0. The lowest BCUT2D eigenvalue weighted by molar-refractivity contribution is -0.218. The number of nitrogens with zero attached hydrogens (tertiary/aromatic N) is 3. The fourth-order valence-electron chi connectivity index (χ4n) is 13.6. The summed E-state index contributed by atoms with van der Waals surface area (Å²) in [5, 5.41) is 50.9. The molecule has 6 aliphatic rings. The number of ether oxygens (including phenoxy) is 2. The predicted octanol–water partition coefficient (Wildman–Crippen LogP) is 3.40. The number of aromatic nitrogens is 1. The van der Waals surface area contributed by atoms with Gasteiger partial charge < -0.3 is 45.1 Å². The highest BCUT2D eigenvalue weighted by Gasteiger charge is 2.72. The number of carbonyl (C=O) groups is 2. The molecular formula is C48H65N5O8. The van der Waals surface area contributed by atoms with Gasteiger partial charge in [-0.05, 0) is 98.6 Å². The normalized spacial score (nSPS) is 36.5. The number of esters is 1. The van der Waals surface area contributed by atoms with Gasteiger partial charge in [-0.1, -0.05) is 44.2 Å². The molecule has 3 aromatic rings. The van der Waals surface area contributed by atoms with Gasteiger partial charge >= 0.3 is 5.97 Å². The fraction of sp³-hybridized carbons (Fsp3) is 0.625. The second-order valence-corrected chi connectivity index (χ2v) is 19.2. The van der Waals surface area contributed by atoms with Crippen LogP contribution in [-0.2, 0) is 32.6 Å². The van der Waals surface area contributed by atoms with Crippen LogP contribution in [0, 0.1) is 17.3 Å². The largest absolute Gasteiger partial charge is 0.496 e. The zero-order valence-corrected chi connectivity index (χ0v) is 36.5. The van der Waals surface area contributed by atoms with Gasteiger partial charge in [0.25, 0.3) is 5.91 Å².